The minimum absolute atomic E-state index is 0.104. The zero-order chi connectivity index (χ0) is 58.5. The molecule has 0 amide bonds. The van der Waals surface area contributed by atoms with Crippen LogP contribution in [-0.4, -0.2) is 96.7 Å². The number of phosphoric acid groups is 2. The van der Waals surface area contributed by atoms with Crippen LogP contribution in [0.4, 0.5) is 0 Å². The normalized spacial score (nSPS) is 14.7. The van der Waals surface area contributed by atoms with E-state index in [1.54, 1.807) is 0 Å². The van der Waals surface area contributed by atoms with Gasteiger partial charge < -0.3 is 33.8 Å². The average molecular weight is 1170 g/mol. The molecule has 0 aliphatic carbocycles. The Balaban J connectivity index is 5.20. The standard InChI is InChI=1S/C60H116O17P2/c1-6-10-13-16-19-21-22-23-24-25-26-29-36-41-46-60(65)77-56(50-71-58(63)44-39-34-31-30-32-37-42-53(5)9-4)52-75-79(68,69)73-48-54(61)47-72-78(66,67)74-51-55(49-70-57(62)43-38-33-27-18-15-12-8-3)76-59(64)45-40-35-28-20-17-14-11-7-2/h53-56,61H,6-52H2,1-5H3,(H,66,67)(H,68,69)/t53?,54-,55+,56+/m0/s1. The predicted octanol–water partition coefficient (Wildman–Crippen LogP) is 16.2. The fourth-order valence-electron chi connectivity index (χ4n) is 8.84. The quantitative estimate of drug-likeness (QED) is 0.0222. The Morgan fingerprint density at radius 3 is 0.899 bits per heavy atom. The molecule has 0 aliphatic rings. The molecule has 0 aromatic heterocycles. The summed E-state index contributed by atoms with van der Waals surface area (Å²) < 4.78 is 67.7. The number of aliphatic hydroxyl groups is 1. The van der Waals surface area contributed by atoms with E-state index in [2.05, 4.69) is 34.6 Å². The summed E-state index contributed by atoms with van der Waals surface area (Å²) in [6.45, 7) is 7.06. The van der Waals surface area contributed by atoms with Crippen molar-refractivity contribution in [1.29, 1.82) is 0 Å². The number of esters is 4. The van der Waals surface area contributed by atoms with Crippen molar-refractivity contribution in [2.24, 2.45) is 5.92 Å². The van der Waals surface area contributed by atoms with Crippen LogP contribution < -0.4 is 0 Å². The van der Waals surface area contributed by atoms with Crippen LogP contribution in [0.5, 0.6) is 0 Å². The van der Waals surface area contributed by atoms with Crippen LogP contribution in [0.1, 0.15) is 298 Å². The third kappa shape index (κ3) is 53.8. The second-order valence-corrected chi connectivity index (χ2v) is 24.9. The molecule has 0 bridgehead atoms. The molecule has 6 atom stereocenters. The molecule has 0 radical (unpaired) electrons. The summed E-state index contributed by atoms with van der Waals surface area (Å²) in [5.74, 6) is -1.41. The molecule has 468 valence electrons. The zero-order valence-electron chi connectivity index (χ0n) is 50.5. The summed E-state index contributed by atoms with van der Waals surface area (Å²) in [5.41, 5.74) is 0. The molecule has 0 fully saturated rings. The molecule has 0 heterocycles. The molecule has 3 unspecified atom stereocenters. The third-order valence-electron chi connectivity index (χ3n) is 14.1. The Hall–Kier alpha value is -1.94. The Labute approximate surface area is 479 Å². The van der Waals surface area contributed by atoms with Gasteiger partial charge in [0.1, 0.15) is 19.3 Å². The van der Waals surface area contributed by atoms with Crippen LogP contribution in [-0.2, 0) is 65.4 Å². The third-order valence-corrected chi connectivity index (χ3v) is 16.0. The largest absolute Gasteiger partial charge is 0.472 e. The van der Waals surface area contributed by atoms with Crippen LogP contribution in [0.15, 0.2) is 0 Å². The number of hydrogen-bond acceptors (Lipinski definition) is 15. The maximum absolute atomic E-state index is 12.9. The van der Waals surface area contributed by atoms with Crippen LogP contribution in [0, 0.1) is 5.92 Å². The number of phosphoric ester groups is 2. The van der Waals surface area contributed by atoms with Crippen LogP contribution >= 0.6 is 15.6 Å². The van der Waals surface area contributed by atoms with Gasteiger partial charge in [0.05, 0.1) is 26.4 Å². The van der Waals surface area contributed by atoms with E-state index in [4.69, 9.17) is 37.0 Å². The van der Waals surface area contributed by atoms with E-state index in [9.17, 15) is 43.2 Å². The minimum Gasteiger partial charge on any atom is -0.462 e. The molecule has 0 aromatic rings. The van der Waals surface area contributed by atoms with Crippen molar-refractivity contribution in [1.82, 2.24) is 0 Å². The van der Waals surface area contributed by atoms with E-state index in [1.165, 1.54) is 96.3 Å². The summed E-state index contributed by atoms with van der Waals surface area (Å²) in [6, 6.07) is 0. The van der Waals surface area contributed by atoms with E-state index in [0.717, 1.165) is 121 Å². The highest BCUT2D eigenvalue weighted by Crippen LogP contribution is 2.45. The highest BCUT2D eigenvalue weighted by molar-refractivity contribution is 7.47. The monoisotopic (exact) mass is 1170 g/mol. The molecule has 0 saturated carbocycles. The number of carbonyl (C=O) groups is 4. The topological polar surface area (TPSA) is 237 Å². The lowest BCUT2D eigenvalue weighted by atomic mass is 10.00. The second kappa shape index (κ2) is 54.0. The van der Waals surface area contributed by atoms with Crippen molar-refractivity contribution in [2.75, 3.05) is 39.6 Å². The van der Waals surface area contributed by atoms with E-state index in [0.29, 0.717) is 25.7 Å². The lowest BCUT2D eigenvalue weighted by Crippen LogP contribution is -2.30. The van der Waals surface area contributed by atoms with E-state index in [-0.39, 0.29) is 25.7 Å². The van der Waals surface area contributed by atoms with Gasteiger partial charge >= 0.3 is 39.5 Å². The van der Waals surface area contributed by atoms with Crippen LogP contribution in [0.2, 0.25) is 0 Å². The van der Waals surface area contributed by atoms with Crippen molar-refractivity contribution in [3.8, 4) is 0 Å². The molecule has 0 spiro atoms. The van der Waals surface area contributed by atoms with Gasteiger partial charge in [-0.15, -0.1) is 0 Å². The Kier molecular flexibility index (Phi) is 52.7. The number of hydrogen-bond donors (Lipinski definition) is 3. The van der Waals surface area contributed by atoms with Gasteiger partial charge in [-0.1, -0.05) is 247 Å². The average Bonchev–Trinajstić information content (AvgIpc) is 3.42. The first kappa shape index (κ1) is 77.1. The molecule has 17 nitrogen and oxygen atoms in total. The van der Waals surface area contributed by atoms with Crippen molar-refractivity contribution < 1.29 is 80.2 Å². The smallest absolute Gasteiger partial charge is 0.462 e. The highest BCUT2D eigenvalue weighted by Gasteiger charge is 2.30. The number of unbranched alkanes of at least 4 members (excludes halogenated alkanes) is 31. The van der Waals surface area contributed by atoms with Crippen molar-refractivity contribution in [2.45, 2.75) is 316 Å². The molecular formula is C60H116O17P2. The molecule has 0 aromatic carbocycles. The summed E-state index contributed by atoms with van der Waals surface area (Å²) in [5, 5.41) is 10.5. The molecule has 0 rings (SSSR count). The first-order chi connectivity index (χ1) is 38.1. The molecule has 79 heavy (non-hydrogen) atoms. The van der Waals surface area contributed by atoms with Gasteiger partial charge in [-0.3, -0.25) is 37.3 Å². The first-order valence-corrected chi connectivity index (χ1v) is 34.7. The van der Waals surface area contributed by atoms with Gasteiger partial charge in [-0.25, -0.2) is 9.13 Å². The molecular weight excluding hydrogens is 1050 g/mol. The van der Waals surface area contributed by atoms with Gasteiger partial charge in [-0.05, 0) is 31.6 Å². The van der Waals surface area contributed by atoms with Crippen molar-refractivity contribution in [3.05, 3.63) is 0 Å². The van der Waals surface area contributed by atoms with Gasteiger partial charge in [0.2, 0.25) is 0 Å². The summed E-state index contributed by atoms with van der Waals surface area (Å²) in [4.78, 5) is 71.8. The number of aliphatic hydroxyl groups excluding tert-OH is 1. The Bertz CT molecular complexity index is 1550. The fraction of sp³-hybridized carbons (Fsp3) is 0.933. The minimum atomic E-state index is -4.94. The number of rotatable bonds is 60. The Morgan fingerprint density at radius 1 is 0.354 bits per heavy atom. The van der Waals surface area contributed by atoms with Gasteiger partial charge in [0.25, 0.3) is 0 Å². The van der Waals surface area contributed by atoms with E-state index < -0.39 is 97.5 Å². The molecule has 3 N–H and O–H groups in total. The molecule has 0 saturated heterocycles. The Morgan fingerprint density at radius 2 is 0.608 bits per heavy atom. The SMILES string of the molecule is CCCCCCCCCCCCCCCCC(=O)O[C@H](COC(=O)CCCCCCCCC(C)CC)COP(=O)(O)OC[C@@H](O)COP(=O)(O)OC[C@@H](COC(=O)CCCCCCCCC)OC(=O)CCCCCCCCCC. The van der Waals surface area contributed by atoms with Crippen LogP contribution in [0.3, 0.4) is 0 Å². The van der Waals surface area contributed by atoms with Crippen LogP contribution in [0.25, 0.3) is 0 Å². The lowest BCUT2D eigenvalue weighted by Gasteiger charge is -2.21. The zero-order valence-corrected chi connectivity index (χ0v) is 52.3. The van der Waals surface area contributed by atoms with E-state index in [1.807, 2.05) is 0 Å². The van der Waals surface area contributed by atoms with Gasteiger partial charge in [0.15, 0.2) is 12.2 Å². The first-order valence-electron chi connectivity index (χ1n) is 31.7. The summed E-state index contributed by atoms with van der Waals surface area (Å²) >= 11 is 0. The number of ether oxygens (including phenoxy) is 4. The van der Waals surface area contributed by atoms with Crippen molar-refractivity contribution >= 4 is 39.5 Å². The molecule has 0 aliphatic heterocycles. The summed E-state index contributed by atoms with van der Waals surface area (Å²) in [7, 11) is -9.87. The second-order valence-electron chi connectivity index (χ2n) is 22.0. The van der Waals surface area contributed by atoms with Gasteiger partial charge in [-0.2, -0.15) is 0 Å². The summed E-state index contributed by atoms with van der Waals surface area (Å²) in [6.07, 6.45) is 36.4. The fourth-order valence-corrected chi connectivity index (χ4v) is 10.4. The van der Waals surface area contributed by atoms with Crippen molar-refractivity contribution in [3.63, 3.8) is 0 Å². The molecule has 19 heteroatoms. The predicted molar refractivity (Wildman–Crippen MR) is 312 cm³/mol. The van der Waals surface area contributed by atoms with Gasteiger partial charge in [0, 0.05) is 25.7 Å². The maximum atomic E-state index is 12.9. The van der Waals surface area contributed by atoms with E-state index >= 15 is 0 Å². The number of carbonyl (C=O) groups excluding carboxylic acids is 4. The lowest BCUT2D eigenvalue weighted by molar-refractivity contribution is -0.161. The maximum Gasteiger partial charge on any atom is 0.472 e. The highest BCUT2D eigenvalue weighted by atomic mass is 31.2.